The Labute approximate surface area is 263 Å². The molecule has 6 rings (SSSR count). The maximum atomic E-state index is 14.0. The highest BCUT2D eigenvalue weighted by Crippen LogP contribution is 2.35. The van der Waals surface area contributed by atoms with Gasteiger partial charge in [0.25, 0.3) is 15.9 Å². The highest BCUT2D eigenvalue weighted by molar-refractivity contribution is 7.92. The summed E-state index contributed by atoms with van der Waals surface area (Å²) in [6, 6.07) is 18.2. The molecule has 2 aliphatic heterocycles. The lowest BCUT2D eigenvalue weighted by Crippen LogP contribution is -2.39. The van der Waals surface area contributed by atoms with E-state index in [4.69, 9.17) is 9.72 Å². The third-order valence-electron chi connectivity index (χ3n) is 8.12. The van der Waals surface area contributed by atoms with Crippen LogP contribution in [0.25, 0.3) is 10.2 Å². The second kappa shape index (κ2) is 13.3. The number of nitrogens with zero attached hydrogens (tertiary/aromatic N) is 4. The lowest BCUT2D eigenvalue weighted by molar-refractivity contribution is 0.0376. The number of amides is 1. The van der Waals surface area contributed by atoms with Crippen LogP contribution in [0.2, 0.25) is 0 Å². The van der Waals surface area contributed by atoms with Crippen LogP contribution in [0.1, 0.15) is 39.9 Å². The summed E-state index contributed by atoms with van der Waals surface area (Å²) in [6.07, 6.45) is 2.43. The summed E-state index contributed by atoms with van der Waals surface area (Å²) in [5, 5.41) is 0.663. The highest BCUT2D eigenvalue weighted by Gasteiger charge is 2.30. The fraction of sp³-hybridized carbons (Fsp3) is 0.375. The van der Waals surface area contributed by atoms with Gasteiger partial charge in [0.2, 0.25) is 0 Å². The summed E-state index contributed by atoms with van der Waals surface area (Å²) in [5.74, 6) is -0.182. The fourth-order valence-corrected chi connectivity index (χ4v) is 8.40. The van der Waals surface area contributed by atoms with Crippen molar-refractivity contribution in [2.24, 2.45) is 0 Å². The number of rotatable bonds is 8. The van der Waals surface area contributed by atoms with E-state index in [1.54, 1.807) is 29.2 Å². The summed E-state index contributed by atoms with van der Waals surface area (Å²) < 4.78 is 35.4. The van der Waals surface area contributed by atoms with Gasteiger partial charge < -0.3 is 4.74 Å². The Morgan fingerprint density at radius 2 is 1.70 bits per heavy atom. The molecule has 3 aromatic carbocycles. The Morgan fingerprint density at radius 3 is 2.44 bits per heavy atom. The summed E-state index contributed by atoms with van der Waals surface area (Å²) in [4.78, 5) is 23.2. The average Bonchev–Trinajstić information content (AvgIpc) is 3.48. The normalized spacial score (nSPS) is 15.6. The lowest BCUT2D eigenvalue weighted by atomic mass is 10.0. The molecular weight excluding hydrogens is 604 g/mol. The Hall–Kier alpha value is -3.02. The van der Waals surface area contributed by atoms with Gasteiger partial charge in [-0.2, -0.15) is 0 Å². The SMILES string of the molecule is Cc1ccc(C)c2sc(N(CCCN3CCOCC3)C(=O)c3ccc(S(=O)(=O)N4CCCc5ccccc54)cc3)nc12.Cl. The van der Waals surface area contributed by atoms with Crippen molar-refractivity contribution in [2.45, 2.75) is 38.0 Å². The maximum Gasteiger partial charge on any atom is 0.264 e. The highest BCUT2D eigenvalue weighted by atomic mass is 35.5. The zero-order valence-electron chi connectivity index (χ0n) is 24.5. The predicted molar refractivity (Wildman–Crippen MR) is 176 cm³/mol. The smallest absolute Gasteiger partial charge is 0.264 e. The molecule has 0 radical (unpaired) electrons. The second-order valence-corrected chi connectivity index (χ2v) is 13.8. The van der Waals surface area contributed by atoms with Crippen molar-refractivity contribution in [1.82, 2.24) is 9.88 Å². The first-order valence-corrected chi connectivity index (χ1v) is 16.8. The number of thiazole rings is 1. The standard InChI is InChI=1S/C32H36N4O4S2.ClH/c1-23-10-11-24(2)30-29(23)33-32(41-30)35(17-6-16-34-19-21-40-22-20-34)31(37)26-12-14-27(15-13-26)42(38,39)36-18-5-8-25-7-3-4-9-28(25)36;/h3-4,7,9-15H,5-6,8,16-22H2,1-2H3;1H. The number of fused-ring (bicyclic) bond motifs is 2. The van der Waals surface area contributed by atoms with Crippen molar-refractivity contribution in [3.63, 3.8) is 0 Å². The first-order valence-electron chi connectivity index (χ1n) is 14.5. The summed E-state index contributed by atoms with van der Waals surface area (Å²) in [6.45, 7) is 9.17. The van der Waals surface area contributed by atoms with Crippen LogP contribution in [0, 0.1) is 13.8 Å². The number of carbonyl (C=O) groups excluding carboxylic acids is 1. The van der Waals surface area contributed by atoms with Crippen molar-refractivity contribution in [3.05, 3.63) is 82.9 Å². The number of halogens is 1. The van der Waals surface area contributed by atoms with Gasteiger partial charge >= 0.3 is 0 Å². The zero-order chi connectivity index (χ0) is 29.3. The second-order valence-electron chi connectivity index (χ2n) is 11.0. The number of carbonyl (C=O) groups is 1. The quantitative estimate of drug-likeness (QED) is 0.241. The van der Waals surface area contributed by atoms with Gasteiger partial charge in [0.05, 0.1) is 34.0 Å². The molecule has 43 heavy (non-hydrogen) atoms. The number of morpholine rings is 1. The molecule has 0 atom stereocenters. The molecule has 0 aliphatic carbocycles. The number of ether oxygens (including phenoxy) is 1. The van der Waals surface area contributed by atoms with E-state index in [0.29, 0.717) is 23.8 Å². The lowest BCUT2D eigenvalue weighted by Gasteiger charge is -2.30. The third kappa shape index (κ3) is 6.44. The summed E-state index contributed by atoms with van der Waals surface area (Å²) >= 11 is 1.53. The van der Waals surface area contributed by atoms with Crippen LogP contribution in [0.4, 0.5) is 10.8 Å². The molecule has 0 bridgehead atoms. The molecule has 228 valence electrons. The van der Waals surface area contributed by atoms with Crippen molar-refractivity contribution < 1.29 is 17.9 Å². The molecular formula is C32H37ClN4O4S2. The fourth-order valence-electron chi connectivity index (χ4n) is 5.73. The van der Waals surface area contributed by atoms with Crippen molar-refractivity contribution in [2.75, 3.05) is 55.1 Å². The van der Waals surface area contributed by atoms with E-state index in [0.717, 1.165) is 84.7 Å². The molecule has 1 amide bonds. The number of hydrogen-bond donors (Lipinski definition) is 0. The van der Waals surface area contributed by atoms with E-state index in [-0.39, 0.29) is 23.2 Å². The van der Waals surface area contributed by atoms with Crippen LogP contribution in [0.15, 0.2) is 65.6 Å². The maximum absolute atomic E-state index is 14.0. The number of benzene rings is 3. The molecule has 4 aromatic rings. The zero-order valence-corrected chi connectivity index (χ0v) is 26.9. The van der Waals surface area contributed by atoms with Gasteiger partial charge in [0.15, 0.2) is 5.13 Å². The third-order valence-corrected chi connectivity index (χ3v) is 11.2. The molecule has 1 saturated heterocycles. The molecule has 3 heterocycles. The van der Waals surface area contributed by atoms with Gasteiger partial charge in [-0.05, 0) is 80.1 Å². The van der Waals surface area contributed by atoms with Gasteiger partial charge in [-0.3, -0.25) is 18.9 Å². The Morgan fingerprint density at radius 1 is 0.977 bits per heavy atom. The van der Waals surface area contributed by atoms with Crippen molar-refractivity contribution >= 4 is 60.7 Å². The van der Waals surface area contributed by atoms with Crippen LogP contribution in [-0.2, 0) is 21.2 Å². The Kier molecular flexibility index (Phi) is 9.73. The molecule has 0 spiro atoms. The van der Waals surface area contributed by atoms with Crippen molar-refractivity contribution in [1.29, 1.82) is 0 Å². The predicted octanol–water partition coefficient (Wildman–Crippen LogP) is 5.85. The molecule has 8 nitrogen and oxygen atoms in total. The monoisotopic (exact) mass is 640 g/mol. The minimum atomic E-state index is -3.76. The van der Waals surface area contributed by atoms with E-state index in [9.17, 15) is 13.2 Å². The molecule has 11 heteroatoms. The largest absolute Gasteiger partial charge is 0.379 e. The molecule has 1 fully saturated rings. The van der Waals surface area contributed by atoms with Crippen LogP contribution in [0.5, 0.6) is 0 Å². The number of aromatic nitrogens is 1. The number of aryl methyl sites for hydroxylation is 3. The van der Waals surface area contributed by atoms with Crippen LogP contribution >= 0.6 is 23.7 Å². The number of sulfonamides is 1. The van der Waals surface area contributed by atoms with Crippen LogP contribution in [0.3, 0.4) is 0 Å². The van der Waals surface area contributed by atoms with Gasteiger partial charge in [-0.25, -0.2) is 13.4 Å². The molecule has 0 N–H and O–H groups in total. The van der Waals surface area contributed by atoms with Gasteiger partial charge in [0, 0.05) is 38.3 Å². The van der Waals surface area contributed by atoms with E-state index in [1.807, 2.05) is 31.2 Å². The molecule has 2 aliphatic rings. The molecule has 1 aromatic heterocycles. The molecule has 0 saturated carbocycles. The van der Waals surface area contributed by atoms with E-state index < -0.39 is 10.0 Å². The van der Waals surface area contributed by atoms with Gasteiger partial charge in [-0.1, -0.05) is 41.7 Å². The minimum Gasteiger partial charge on any atom is -0.379 e. The average molecular weight is 641 g/mol. The first-order chi connectivity index (χ1) is 20.3. The van der Waals surface area contributed by atoms with E-state index in [2.05, 4.69) is 24.0 Å². The van der Waals surface area contributed by atoms with Gasteiger partial charge in [-0.15, -0.1) is 12.4 Å². The van der Waals surface area contributed by atoms with E-state index in [1.165, 1.54) is 15.6 Å². The number of para-hydroxylation sites is 1. The Balaban J connectivity index is 0.00000368. The van der Waals surface area contributed by atoms with Crippen molar-refractivity contribution in [3.8, 4) is 0 Å². The number of hydrogen-bond acceptors (Lipinski definition) is 7. The number of anilines is 2. The van der Waals surface area contributed by atoms with Crippen LogP contribution < -0.4 is 9.21 Å². The Bertz CT molecular complexity index is 1660. The topological polar surface area (TPSA) is 83.0 Å². The van der Waals surface area contributed by atoms with Gasteiger partial charge in [0.1, 0.15) is 0 Å². The van der Waals surface area contributed by atoms with Crippen LogP contribution in [-0.4, -0.2) is 70.1 Å². The molecule has 0 unspecified atom stereocenters. The minimum absolute atomic E-state index is 0. The first kappa shape index (κ1) is 31.4. The van der Waals surface area contributed by atoms with E-state index >= 15 is 0 Å². The summed E-state index contributed by atoms with van der Waals surface area (Å²) in [5.41, 5.74) is 5.34. The summed E-state index contributed by atoms with van der Waals surface area (Å²) in [7, 11) is -3.76.